The van der Waals surface area contributed by atoms with Crippen molar-refractivity contribution in [3.8, 4) is 5.75 Å². The van der Waals surface area contributed by atoms with Crippen LogP contribution in [0.4, 0.5) is 4.39 Å². The molecule has 2 aromatic rings. The van der Waals surface area contributed by atoms with Gasteiger partial charge in [-0.05, 0) is 18.2 Å². The van der Waals surface area contributed by atoms with Crippen molar-refractivity contribution in [1.29, 1.82) is 5.41 Å². The first-order valence-corrected chi connectivity index (χ1v) is 5.82. The number of nitrogens with two attached hydrogens (primary N) is 1. The number of amidine groups is 1. The molecule has 0 bridgehead atoms. The summed E-state index contributed by atoms with van der Waals surface area (Å²) in [6, 6.07) is 7.69. The van der Waals surface area contributed by atoms with E-state index in [9.17, 15) is 4.39 Å². The molecule has 19 heavy (non-hydrogen) atoms. The number of hydrogen-bond acceptors (Lipinski definition) is 3. The zero-order valence-corrected chi connectivity index (χ0v) is 10.6. The average Bonchev–Trinajstić information content (AvgIpc) is 2.38. The molecular formula is C13H11ClFN3O. The van der Waals surface area contributed by atoms with Gasteiger partial charge < -0.3 is 10.5 Å². The van der Waals surface area contributed by atoms with Crippen LogP contribution in [-0.4, -0.2) is 10.8 Å². The van der Waals surface area contributed by atoms with E-state index in [0.29, 0.717) is 11.3 Å². The van der Waals surface area contributed by atoms with Gasteiger partial charge in [-0.25, -0.2) is 4.39 Å². The summed E-state index contributed by atoms with van der Waals surface area (Å²) in [6.45, 7) is 0.0312. The molecule has 2 rings (SSSR count). The van der Waals surface area contributed by atoms with Gasteiger partial charge in [0.25, 0.3) is 0 Å². The quantitative estimate of drug-likeness (QED) is 0.668. The Morgan fingerprint density at radius 2 is 2.16 bits per heavy atom. The van der Waals surface area contributed by atoms with E-state index >= 15 is 0 Å². The van der Waals surface area contributed by atoms with Gasteiger partial charge in [0.1, 0.15) is 18.1 Å². The Kier molecular flexibility index (Phi) is 3.97. The van der Waals surface area contributed by atoms with Crippen molar-refractivity contribution in [2.75, 3.05) is 0 Å². The maximum atomic E-state index is 13.5. The number of nitrogens with one attached hydrogen (secondary N) is 1. The van der Waals surface area contributed by atoms with Crippen LogP contribution < -0.4 is 10.5 Å². The smallest absolute Gasteiger partial charge is 0.174 e. The largest absolute Gasteiger partial charge is 0.484 e. The van der Waals surface area contributed by atoms with Crippen molar-refractivity contribution in [3.63, 3.8) is 0 Å². The number of benzene rings is 1. The lowest BCUT2D eigenvalue weighted by Crippen LogP contribution is -2.16. The van der Waals surface area contributed by atoms with Crippen LogP contribution in [0.25, 0.3) is 0 Å². The minimum atomic E-state index is -0.541. The third-order valence-corrected chi connectivity index (χ3v) is 2.73. The normalized spacial score (nSPS) is 10.2. The Balaban J connectivity index is 2.22. The predicted octanol–water partition coefficient (Wildman–Crippen LogP) is 2.74. The maximum Gasteiger partial charge on any atom is 0.174 e. The number of nitrogens with zero attached hydrogens (tertiary/aromatic N) is 1. The van der Waals surface area contributed by atoms with Gasteiger partial charge in [-0.2, -0.15) is 0 Å². The second-order valence-electron chi connectivity index (χ2n) is 3.76. The third-order valence-electron chi connectivity index (χ3n) is 2.44. The first-order chi connectivity index (χ1) is 9.09. The summed E-state index contributed by atoms with van der Waals surface area (Å²) in [5.41, 5.74) is 6.32. The standard InChI is InChI=1S/C13H11ClFN3O/c14-9-4-1-5-10(15)12(9)19-7-8-3-2-6-18-11(8)13(16)17/h1-6H,7H2,(H3,16,17). The van der Waals surface area contributed by atoms with Crippen LogP contribution in [0.15, 0.2) is 36.5 Å². The molecule has 3 N–H and O–H groups in total. The van der Waals surface area contributed by atoms with E-state index in [2.05, 4.69) is 4.98 Å². The second-order valence-corrected chi connectivity index (χ2v) is 4.17. The zero-order chi connectivity index (χ0) is 13.8. The lowest BCUT2D eigenvalue weighted by Gasteiger charge is -2.11. The molecule has 0 aliphatic carbocycles. The summed E-state index contributed by atoms with van der Waals surface area (Å²) in [5, 5.41) is 7.59. The number of rotatable bonds is 4. The van der Waals surface area contributed by atoms with Gasteiger partial charge in [-0.15, -0.1) is 0 Å². The lowest BCUT2D eigenvalue weighted by molar-refractivity contribution is 0.290. The second kappa shape index (κ2) is 5.67. The number of hydrogen-bond donors (Lipinski definition) is 2. The van der Waals surface area contributed by atoms with E-state index in [1.807, 2.05) is 0 Å². The van der Waals surface area contributed by atoms with Gasteiger partial charge in [-0.3, -0.25) is 10.4 Å². The van der Waals surface area contributed by atoms with Crippen LogP contribution in [0.5, 0.6) is 5.75 Å². The van der Waals surface area contributed by atoms with E-state index < -0.39 is 5.82 Å². The summed E-state index contributed by atoms with van der Waals surface area (Å²) >= 11 is 5.85. The lowest BCUT2D eigenvalue weighted by atomic mass is 10.2. The Labute approximate surface area is 114 Å². The number of halogens is 2. The minimum Gasteiger partial charge on any atom is -0.484 e. The molecule has 0 radical (unpaired) electrons. The van der Waals surface area contributed by atoms with Crippen molar-refractivity contribution in [1.82, 2.24) is 4.98 Å². The number of para-hydroxylation sites is 1. The Morgan fingerprint density at radius 3 is 2.84 bits per heavy atom. The Bertz CT molecular complexity index is 598. The summed E-state index contributed by atoms with van der Waals surface area (Å²) in [5.74, 6) is -0.734. The van der Waals surface area contributed by atoms with E-state index in [-0.39, 0.29) is 23.2 Å². The predicted molar refractivity (Wildman–Crippen MR) is 71.0 cm³/mol. The SMILES string of the molecule is N=C(N)c1ncccc1COc1c(F)cccc1Cl. The van der Waals surface area contributed by atoms with Crippen molar-refractivity contribution < 1.29 is 9.13 Å². The van der Waals surface area contributed by atoms with E-state index in [4.69, 9.17) is 27.5 Å². The summed E-state index contributed by atoms with van der Waals surface area (Å²) in [6.07, 6.45) is 1.52. The maximum absolute atomic E-state index is 13.5. The molecule has 4 nitrogen and oxygen atoms in total. The monoisotopic (exact) mass is 279 g/mol. The highest BCUT2D eigenvalue weighted by Crippen LogP contribution is 2.28. The fourth-order valence-electron chi connectivity index (χ4n) is 1.57. The number of pyridine rings is 1. The van der Waals surface area contributed by atoms with Gasteiger partial charge in [0.2, 0.25) is 0 Å². The molecule has 0 saturated heterocycles. The zero-order valence-electron chi connectivity index (χ0n) is 9.86. The molecule has 1 aromatic heterocycles. The van der Waals surface area contributed by atoms with E-state index in [1.165, 1.54) is 24.4 Å². The van der Waals surface area contributed by atoms with Crippen LogP contribution >= 0.6 is 11.6 Å². The van der Waals surface area contributed by atoms with Crippen LogP contribution in [0.1, 0.15) is 11.3 Å². The van der Waals surface area contributed by atoms with Gasteiger partial charge in [0, 0.05) is 11.8 Å². The topological polar surface area (TPSA) is 72.0 Å². The van der Waals surface area contributed by atoms with E-state index in [1.54, 1.807) is 12.1 Å². The van der Waals surface area contributed by atoms with Crippen molar-refractivity contribution >= 4 is 17.4 Å². The number of ether oxygens (including phenoxy) is 1. The molecule has 0 amide bonds. The molecule has 98 valence electrons. The highest BCUT2D eigenvalue weighted by molar-refractivity contribution is 6.32. The first-order valence-electron chi connectivity index (χ1n) is 5.44. The van der Waals surface area contributed by atoms with Gasteiger partial charge in [0.15, 0.2) is 11.6 Å². The summed E-state index contributed by atoms with van der Waals surface area (Å²) in [7, 11) is 0. The molecule has 6 heteroatoms. The highest BCUT2D eigenvalue weighted by Gasteiger charge is 2.11. The summed E-state index contributed by atoms with van der Waals surface area (Å²) < 4.78 is 18.9. The molecule has 0 atom stereocenters. The Hall–Kier alpha value is -2.14. The molecule has 0 unspecified atom stereocenters. The van der Waals surface area contributed by atoms with E-state index in [0.717, 1.165) is 0 Å². The average molecular weight is 280 g/mol. The molecular weight excluding hydrogens is 269 g/mol. The van der Waals surface area contributed by atoms with Gasteiger partial charge >= 0.3 is 0 Å². The number of aromatic nitrogens is 1. The highest BCUT2D eigenvalue weighted by atomic mass is 35.5. The fraction of sp³-hybridized carbons (Fsp3) is 0.0769. The molecule has 0 fully saturated rings. The first kappa shape index (κ1) is 13.3. The van der Waals surface area contributed by atoms with Crippen molar-refractivity contribution in [2.45, 2.75) is 6.61 Å². The van der Waals surface area contributed by atoms with Gasteiger partial charge in [0.05, 0.1) is 5.02 Å². The minimum absolute atomic E-state index is 0.0254. The fourth-order valence-corrected chi connectivity index (χ4v) is 1.79. The molecule has 1 aromatic carbocycles. The van der Waals surface area contributed by atoms with Crippen molar-refractivity contribution in [3.05, 3.63) is 58.6 Å². The molecule has 1 heterocycles. The van der Waals surface area contributed by atoms with Crippen LogP contribution in [0.2, 0.25) is 5.02 Å². The third kappa shape index (κ3) is 3.00. The van der Waals surface area contributed by atoms with Gasteiger partial charge in [-0.1, -0.05) is 23.7 Å². The molecule has 0 spiro atoms. The molecule has 0 aliphatic rings. The molecule has 0 saturated carbocycles. The molecule has 0 aliphatic heterocycles. The van der Waals surface area contributed by atoms with Crippen LogP contribution in [0.3, 0.4) is 0 Å². The summed E-state index contributed by atoms with van der Waals surface area (Å²) in [4.78, 5) is 3.98. The van der Waals surface area contributed by atoms with Crippen molar-refractivity contribution in [2.24, 2.45) is 5.73 Å². The van der Waals surface area contributed by atoms with Crippen LogP contribution in [0, 0.1) is 11.2 Å². The number of nitrogen functional groups attached to an aromatic ring is 1. The Morgan fingerprint density at radius 1 is 1.37 bits per heavy atom. The van der Waals surface area contributed by atoms with Crippen LogP contribution in [-0.2, 0) is 6.61 Å².